The number of benzene rings is 1. The maximum absolute atomic E-state index is 10.3. The smallest absolute Gasteiger partial charge is 0.184 e. The Labute approximate surface area is 241 Å². The number of ether oxygens (including phenoxy) is 1. The molecule has 1 saturated heterocycles. The van der Waals surface area contributed by atoms with Crippen molar-refractivity contribution in [3.05, 3.63) is 54.9 Å². The van der Waals surface area contributed by atoms with E-state index in [2.05, 4.69) is 46.3 Å². The molecule has 1 aliphatic heterocycles. The van der Waals surface area contributed by atoms with E-state index in [0.29, 0.717) is 6.04 Å². The van der Waals surface area contributed by atoms with E-state index in [1.54, 1.807) is 17.5 Å². The van der Waals surface area contributed by atoms with E-state index in [0.717, 1.165) is 95.5 Å². The summed E-state index contributed by atoms with van der Waals surface area (Å²) < 4.78 is 7.26. The van der Waals surface area contributed by atoms with Gasteiger partial charge in [-0.15, -0.1) is 0 Å². The van der Waals surface area contributed by atoms with E-state index < -0.39 is 0 Å². The second-order valence-electron chi connectivity index (χ2n) is 10.8. The van der Waals surface area contributed by atoms with Gasteiger partial charge in [0.15, 0.2) is 5.13 Å². The number of aliphatic hydroxyl groups is 1. The normalized spacial score (nSPS) is 19.9. The summed E-state index contributed by atoms with van der Waals surface area (Å²) in [7, 11) is 4.32. The number of fused-ring (bicyclic) bond motifs is 1. The number of nitrogens with zero attached hydrogens (tertiary/aromatic N) is 5. The number of thiazole rings is 1. The van der Waals surface area contributed by atoms with Crippen LogP contribution in [0.25, 0.3) is 21.5 Å². The molecule has 2 atom stereocenters. The lowest BCUT2D eigenvalue weighted by Crippen LogP contribution is -2.42. The van der Waals surface area contributed by atoms with Crippen molar-refractivity contribution in [1.82, 2.24) is 19.9 Å². The van der Waals surface area contributed by atoms with Crippen molar-refractivity contribution in [1.29, 1.82) is 0 Å². The summed E-state index contributed by atoms with van der Waals surface area (Å²) in [4.78, 5) is 18.7. The minimum atomic E-state index is -0.308. The summed E-state index contributed by atoms with van der Waals surface area (Å²) in [5.41, 5.74) is 2.72. The van der Waals surface area contributed by atoms with Gasteiger partial charge in [0.25, 0.3) is 0 Å². The molecule has 2 N–H and O–H groups in total. The number of aliphatic hydroxyl groups excluding tert-OH is 1. The first-order valence-corrected chi connectivity index (χ1v) is 14.7. The molecule has 1 aromatic carbocycles. The maximum Gasteiger partial charge on any atom is 0.184 e. The highest BCUT2D eigenvalue weighted by molar-refractivity contribution is 7.22. The van der Waals surface area contributed by atoms with Crippen LogP contribution >= 0.6 is 11.3 Å². The second kappa shape index (κ2) is 12.5. The van der Waals surface area contributed by atoms with E-state index >= 15 is 0 Å². The summed E-state index contributed by atoms with van der Waals surface area (Å²) in [5, 5.41) is 14.6. The van der Waals surface area contributed by atoms with Gasteiger partial charge in [0.1, 0.15) is 17.3 Å². The third kappa shape index (κ3) is 6.37. The van der Waals surface area contributed by atoms with Gasteiger partial charge in [-0.2, -0.15) is 0 Å². The van der Waals surface area contributed by atoms with Gasteiger partial charge in [-0.1, -0.05) is 31.6 Å². The molecule has 0 spiro atoms. The zero-order chi connectivity index (χ0) is 26.8. The summed E-state index contributed by atoms with van der Waals surface area (Å²) in [6, 6.07) is 14.7. The number of hydrogen-bond acceptors (Lipinski definition) is 9. The predicted octanol–water partition coefficient (Wildman–Crippen LogP) is 6.43. The maximum atomic E-state index is 10.3. The molecule has 9 heteroatoms. The molecule has 1 saturated carbocycles. The first-order chi connectivity index (χ1) is 19.0. The Hall–Kier alpha value is -3.27. The third-order valence-corrected chi connectivity index (χ3v) is 8.88. The lowest BCUT2D eigenvalue weighted by Gasteiger charge is -2.35. The summed E-state index contributed by atoms with van der Waals surface area (Å²) in [6.45, 7) is 2.06. The van der Waals surface area contributed by atoms with Crippen LogP contribution in [0.1, 0.15) is 46.0 Å². The summed E-state index contributed by atoms with van der Waals surface area (Å²) >= 11 is 1.59. The highest BCUT2D eigenvalue weighted by atomic mass is 32.1. The van der Waals surface area contributed by atoms with Crippen LogP contribution in [0.4, 0.5) is 10.9 Å². The lowest BCUT2D eigenvalue weighted by atomic mass is 9.93. The molecule has 212 valence electrons. The average molecular weight is 561 g/mol. The number of hydrogen-bond donors (Lipinski definition) is 2. The summed E-state index contributed by atoms with van der Waals surface area (Å²) in [5.74, 6) is 2.50. The van der Waals surface area contributed by atoms with E-state index in [9.17, 15) is 5.11 Å². The van der Waals surface area contributed by atoms with Crippen molar-refractivity contribution in [2.45, 2.75) is 64.1 Å². The lowest BCUT2D eigenvalue weighted by molar-refractivity contribution is 0.116. The number of aromatic nitrogens is 3. The Balaban J connectivity index is 0.00000323. The quantitative estimate of drug-likeness (QED) is 0.268. The van der Waals surface area contributed by atoms with E-state index in [1.807, 2.05) is 36.5 Å². The van der Waals surface area contributed by atoms with Crippen LogP contribution in [-0.4, -0.2) is 70.3 Å². The number of anilines is 2. The molecule has 1 aliphatic carbocycles. The largest absolute Gasteiger partial charge is 0.457 e. The Morgan fingerprint density at radius 2 is 1.77 bits per heavy atom. The average Bonchev–Trinajstić information content (AvgIpc) is 3.36. The van der Waals surface area contributed by atoms with E-state index in [1.165, 1.54) is 0 Å². The standard InChI is InChI=1S/C30H36N6O2S.CH4/c1-35(2)21-12-15-36(16-13-21)29-10-7-20(19-32-29)26-17-23(11-14-31-26)38-22-8-9-25-28(18-22)39-30(34-25)33-24-5-3-4-6-27(24)37;/h7-11,14,17-19,21,24,27,37H,3-6,12-13,15-16H2,1-2H3,(H,33,34);1H4/t24-,27-;/m1./s1. The van der Waals surface area contributed by atoms with Crippen LogP contribution < -0.4 is 15.0 Å². The molecular weight excluding hydrogens is 520 g/mol. The number of rotatable bonds is 7. The molecule has 4 heterocycles. The van der Waals surface area contributed by atoms with Crippen LogP contribution in [0, 0.1) is 0 Å². The number of nitrogens with one attached hydrogen (secondary N) is 1. The van der Waals surface area contributed by atoms with Crippen LogP contribution in [0.3, 0.4) is 0 Å². The molecule has 2 fully saturated rings. The van der Waals surface area contributed by atoms with Crippen molar-refractivity contribution in [3.63, 3.8) is 0 Å². The fourth-order valence-corrected chi connectivity index (χ4v) is 6.53. The summed E-state index contributed by atoms with van der Waals surface area (Å²) in [6.07, 6.45) is 9.74. The molecule has 6 rings (SSSR count). The van der Waals surface area contributed by atoms with E-state index in [4.69, 9.17) is 14.7 Å². The Kier molecular flexibility index (Phi) is 8.83. The Morgan fingerprint density at radius 1 is 0.975 bits per heavy atom. The highest BCUT2D eigenvalue weighted by Crippen LogP contribution is 2.33. The predicted molar refractivity (Wildman–Crippen MR) is 165 cm³/mol. The van der Waals surface area contributed by atoms with Crippen molar-refractivity contribution in [2.24, 2.45) is 0 Å². The minimum Gasteiger partial charge on any atom is -0.457 e. The van der Waals surface area contributed by atoms with Gasteiger partial charge in [-0.25, -0.2) is 9.97 Å². The van der Waals surface area contributed by atoms with Crippen molar-refractivity contribution in [3.8, 4) is 22.8 Å². The zero-order valence-electron chi connectivity index (χ0n) is 22.6. The Morgan fingerprint density at radius 3 is 2.52 bits per heavy atom. The van der Waals surface area contributed by atoms with Crippen molar-refractivity contribution < 1.29 is 9.84 Å². The molecule has 0 amide bonds. The van der Waals surface area contributed by atoms with Gasteiger partial charge in [0.05, 0.1) is 28.1 Å². The van der Waals surface area contributed by atoms with Crippen molar-refractivity contribution in [2.75, 3.05) is 37.4 Å². The van der Waals surface area contributed by atoms with Gasteiger partial charge >= 0.3 is 0 Å². The Bertz CT molecular complexity index is 1400. The van der Waals surface area contributed by atoms with Gasteiger partial charge in [0.2, 0.25) is 0 Å². The van der Waals surface area contributed by atoms with Crippen LogP contribution in [0.5, 0.6) is 11.5 Å². The molecule has 3 aromatic heterocycles. The fourth-order valence-electron chi connectivity index (χ4n) is 5.57. The number of pyridine rings is 2. The van der Waals surface area contributed by atoms with Gasteiger partial charge in [-0.05, 0) is 70.1 Å². The SMILES string of the molecule is C.CN(C)C1CCN(c2ccc(-c3cc(Oc4ccc5nc(N[C@@H]6CCCC[C@H]6O)sc5c4)ccn3)cn2)CC1. The van der Waals surface area contributed by atoms with Gasteiger partial charge in [-0.3, -0.25) is 4.98 Å². The minimum absolute atomic E-state index is 0. The first-order valence-electron chi connectivity index (χ1n) is 13.9. The topological polar surface area (TPSA) is 86.6 Å². The molecular formula is C31H40N6O2S. The van der Waals surface area contributed by atoms with Crippen LogP contribution in [0.2, 0.25) is 0 Å². The molecule has 0 radical (unpaired) electrons. The van der Waals surface area contributed by atoms with E-state index in [-0.39, 0.29) is 19.6 Å². The van der Waals surface area contributed by atoms with Crippen LogP contribution in [0.15, 0.2) is 54.9 Å². The molecule has 8 nitrogen and oxygen atoms in total. The molecule has 0 bridgehead atoms. The van der Waals surface area contributed by atoms with Gasteiger partial charge < -0.3 is 25.0 Å². The first kappa shape index (κ1) is 28.3. The zero-order valence-corrected chi connectivity index (χ0v) is 23.4. The third-order valence-electron chi connectivity index (χ3n) is 7.93. The fraction of sp³-hybridized carbons (Fsp3) is 0.452. The number of piperidine rings is 1. The molecule has 4 aromatic rings. The molecule has 2 aliphatic rings. The highest BCUT2D eigenvalue weighted by Gasteiger charge is 2.24. The molecule has 40 heavy (non-hydrogen) atoms. The van der Waals surface area contributed by atoms with Crippen LogP contribution in [-0.2, 0) is 0 Å². The van der Waals surface area contributed by atoms with Crippen molar-refractivity contribution >= 4 is 32.5 Å². The monoisotopic (exact) mass is 560 g/mol. The second-order valence-corrected chi connectivity index (χ2v) is 11.8. The van der Waals surface area contributed by atoms with Gasteiger partial charge in [0, 0.05) is 49.2 Å². The molecule has 0 unspecified atom stereocenters.